The van der Waals surface area contributed by atoms with E-state index < -0.39 is 0 Å². The molecule has 156 valence electrons. The van der Waals surface area contributed by atoms with Gasteiger partial charge in [0.1, 0.15) is 5.76 Å². The average molecular weight is 375 g/mol. The predicted molar refractivity (Wildman–Crippen MR) is 121 cm³/mol. The maximum absolute atomic E-state index is 10.5. The van der Waals surface area contributed by atoms with Crippen LogP contribution in [0, 0.1) is 5.41 Å². The first-order valence-corrected chi connectivity index (χ1v) is 11.9. The van der Waals surface area contributed by atoms with Crippen LogP contribution in [-0.2, 0) is 0 Å². The number of aliphatic hydroxyl groups excluding tert-OH is 1. The number of unbranched alkanes of at least 4 members (excludes halogenated alkanes) is 7. The van der Waals surface area contributed by atoms with Crippen molar-refractivity contribution < 1.29 is 5.11 Å². The number of hydrogen-bond acceptors (Lipinski definition) is 1. The molecule has 0 saturated carbocycles. The zero-order chi connectivity index (χ0) is 20.0. The minimum atomic E-state index is 0.284. The van der Waals surface area contributed by atoms with Crippen LogP contribution in [0.3, 0.4) is 0 Å². The molecule has 0 aromatic carbocycles. The molecule has 1 aliphatic carbocycles. The van der Waals surface area contributed by atoms with Crippen LogP contribution in [0.1, 0.15) is 124 Å². The molecule has 0 aromatic heterocycles. The summed E-state index contributed by atoms with van der Waals surface area (Å²) in [5.74, 6) is 0.543. The maximum Gasteiger partial charge on any atom is 0.114 e. The predicted octanol–water partition coefficient (Wildman–Crippen LogP) is 9.21. The number of allylic oxidation sites excluding steroid dienone is 5. The standard InChI is InChI=1S/C26H46O/c1-5-9-12-13-14-15-19-26(18-11-7-3)20-17-25(27)24(22-26)21-23(8-4)16-10-6-2/h16-17,20,27H,5-15,18-19,21-22H2,1-4H3. The third kappa shape index (κ3) is 9.17. The smallest absolute Gasteiger partial charge is 0.114 e. The van der Waals surface area contributed by atoms with E-state index in [9.17, 15) is 5.11 Å². The summed E-state index contributed by atoms with van der Waals surface area (Å²) in [5.41, 5.74) is 3.06. The summed E-state index contributed by atoms with van der Waals surface area (Å²) >= 11 is 0. The van der Waals surface area contributed by atoms with Crippen molar-refractivity contribution in [2.45, 2.75) is 124 Å². The van der Waals surface area contributed by atoms with Gasteiger partial charge in [-0.25, -0.2) is 0 Å². The Morgan fingerprint density at radius 2 is 1.59 bits per heavy atom. The molecule has 0 aromatic rings. The Morgan fingerprint density at radius 1 is 0.926 bits per heavy atom. The molecule has 0 radical (unpaired) electrons. The lowest BCUT2D eigenvalue weighted by molar-refractivity contribution is 0.278. The molecule has 1 unspecified atom stereocenters. The van der Waals surface area contributed by atoms with Gasteiger partial charge in [0.2, 0.25) is 0 Å². The second-order valence-corrected chi connectivity index (χ2v) is 8.66. The molecular weight excluding hydrogens is 328 g/mol. The van der Waals surface area contributed by atoms with Crippen LogP contribution < -0.4 is 0 Å². The van der Waals surface area contributed by atoms with Gasteiger partial charge in [-0.05, 0) is 55.6 Å². The Morgan fingerprint density at radius 3 is 2.26 bits per heavy atom. The lowest BCUT2D eigenvalue weighted by Gasteiger charge is -2.35. The summed E-state index contributed by atoms with van der Waals surface area (Å²) in [6.07, 6.45) is 25.6. The highest BCUT2D eigenvalue weighted by Gasteiger charge is 2.31. The molecule has 0 fully saturated rings. The van der Waals surface area contributed by atoms with Gasteiger partial charge in [0, 0.05) is 0 Å². The second kappa shape index (κ2) is 14.1. The van der Waals surface area contributed by atoms with Crippen molar-refractivity contribution in [1.82, 2.24) is 0 Å². The first-order chi connectivity index (χ1) is 13.1. The molecule has 1 atom stereocenters. The van der Waals surface area contributed by atoms with E-state index in [0.29, 0.717) is 5.76 Å². The van der Waals surface area contributed by atoms with Crippen molar-refractivity contribution in [3.8, 4) is 0 Å². The summed E-state index contributed by atoms with van der Waals surface area (Å²) in [7, 11) is 0. The SMILES string of the molecule is CCCC=C(CC)CC1=C(O)C=CC(CCCC)(CCCCCCCC)C1. The summed E-state index contributed by atoms with van der Waals surface area (Å²) in [5, 5.41) is 10.5. The van der Waals surface area contributed by atoms with Crippen LogP contribution in [0.15, 0.2) is 35.1 Å². The lowest BCUT2D eigenvalue weighted by Crippen LogP contribution is -2.22. The molecule has 0 spiro atoms. The Labute approximate surface area is 170 Å². The van der Waals surface area contributed by atoms with Crippen LogP contribution in [0.5, 0.6) is 0 Å². The van der Waals surface area contributed by atoms with Crippen molar-refractivity contribution in [2.24, 2.45) is 5.41 Å². The Balaban J connectivity index is 2.74. The average Bonchev–Trinajstić information content (AvgIpc) is 2.68. The molecule has 27 heavy (non-hydrogen) atoms. The Bertz CT molecular complexity index is 482. The van der Waals surface area contributed by atoms with Gasteiger partial charge in [-0.3, -0.25) is 0 Å². The minimum Gasteiger partial charge on any atom is -0.508 e. The molecule has 0 amide bonds. The topological polar surface area (TPSA) is 20.2 Å². The van der Waals surface area contributed by atoms with Gasteiger partial charge in [-0.15, -0.1) is 0 Å². The summed E-state index contributed by atoms with van der Waals surface area (Å²) in [6, 6.07) is 0. The zero-order valence-electron chi connectivity index (χ0n) is 18.8. The second-order valence-electron chi connectivity index (χ2n) is 8.66. The molecule has 0 heterocycles. The number of hydrogen-bond donors (Lipinski definition) is 1. The molecule has 0 aliphatic heterocycles. The third-order valence-corrected chi connectivity index (χ3v) is 6.20. The van der Waals surface area contributed by atoms with E-state index in [1.165, 1.54) is 81.8 Å². The fourth-order valence-electron chi connectivity index (χ4n) is 4.32. The molecular formula is C26H46O. The van der Waals surface area contributed by atoms with E-state index >= 15 is 0 Å². The van der Waals surface area contributed by atoms with E-state index in [-0.39, 0.29) is 5.41 Å². The van der Waals surface area contributed by atoms with Crippen molar-refractivity contribution >= 4 is 0 Å². The molecule has 0 bridgehead atoms. The fourth-order valence-corrected chi connectivity index (χ4v) is 4.32. The van der Waals surface area contributed by atoms with E-state index in [4.69, 9.17) is 0 Å². The summed E-state index contributed by atoms with van der Waals surface area (Å²) in [4.78, 5) is 0. The van der Waals surface area contributed by atoms with Gasteiger partial charge < -0.3 is 5.11 Å². The van der Waals surface area contributed by atoms with Crippen LogP contribution >= 0.6 is 0 Å². The summed E-state index contributed by atoms with van der Waals surface area (Å²) < 4.78 is 0. The Kier molecular flexibility index (Phi) is 12.5. The molecule has 0 saturated heterocycles. The normalized spacial score (nSPS) is 20.5. The van der Waals surface area contributed by atoms with Crippen LogP contribution in [0.25, 0.3) is 0 Å². The molecule has 1 N–H and O–H groups in total. The number of rotatable bonds is 15. The van der Waals surface area contributed by atoms with Crippen LogP contribution in [0.2, 0.25) is 0 Å². The van der Waals surface area contributed by atoms with Crippen molar-refractivity contribution in [3.05, 3.63) is 35.1 Å². The highest BCUT2D eigenvalue weighted by atomic mass is 16.3. The largest absolute Gasteiger partial charge is 0.508 e. The van der Waals surface area contributed by atoms with Gasteiger partial charge in [0.05, 0.1) is 0 Å². The lowest BCUT2D eigenvalue weighted by atomic mass is 9.70. The van der Waals surface area contributed by atoms with E-state index in [1.54, 1.807) is 0 Å². The monoisotopic (exact) mass is 374 g/mol. The highest BCUT2D eigenvalue weighted by Crippen LogP contribution is 2.44. The van der Waals surface area contributed by atoms with Crippen molar-refractivity contribution in [3.63, 3.8) is 0 Å². The highest BCUT2D eigenvalue weighted by molar-refractivity contribution is 5.31. The third-order valence-electron chi connectivity index (χ3n) is 6.20. The molecule has 1 aliphatic rings. The van der Waals surface area contributed by atoms with Gasteiger partial charge in [-0.1, -0.05) is 103 Å². The van der Waals surface area contributed by atoms with Crippen LogP contribution in [0.4, 0.5) is 0 Å². The van der Waals surface area contributed by atoms with E-state index in [2.05, 4.69) is 39.8 Å². The Hall–Kier alpha value is -0.980. The van der Waals surface area contributed by atoms with Crippen molar-refractivity contribution in [2.75, 3.05) is 0 Å². The minimum absolute atomic E-state index is 0.284. The van der Waals surface area contributed by atoms with Crippen molar-refractivity contribution in [1.29, 1.82) is 0 Å². The van der Waals surface area contributed by atoms with Gasteiger partial charge >= 0.3 is 0 Å². The van der Waals surface area contributed by atoms with E-state index in [1.807, 2.05) is 6.08 Å². The number of aliphatic hydroxyl groups is 1. The van der Waals surface area contributed by atoms with Gasteiger partial charge in [0.25, 0.3) is 0 Å². The first kappa shape index (κ1) is 24.1. The fraction of sp³-hybridized carbons (Fsp3) is 0.769. The molecule has 1 nitrogen and oxygen atoms in total. The first-order valence-electron chi connectivity index (χ1n) is 11.9. The summed E-state index contributed by atoms with van der Waals surface area (Å²) in [6.45, 7) is 9.06. The zero-order valence-corrected chi connectivity index (χ0v) is 18.8. The molecule has 1 heteroatoms. The van der Waals surface area contributed by atoms with Gasteiger partial charge in [-0.2, -0.15) is 0 Å². The van der Waals surface area contributed by atoms with Crippen LogP contribution in [-0.4, -0.2) is 5.11 Å². The van der Waals surface area contributed by atoms with E-state index in [0.717, 1.165) is 25.7 Å². The molecule has 1 rings (SSSR count). The quantitative estimate of drug-likeness (QED) is 0.224. The van der Waals surface area contributed by atoms with Gasteiger partial charge in [0.15, 0.2) is 0 Å². The maximum atomic E-state index is 10.5.